The van der Waals surface area contributed by atoms with Gasteiger partial charge in [-0.05, 0) is 18.9 Å². The molecule has 23 heavy (non-hydrogen) atoms. The average molecular weight is 316 g/mol. The zero-order valence-corrected chi connectivity index (χ0v) is 13.3. The van der Waals surface area contributed by atoms with Crippen LogP contribution in [0.3, 0.4) is 0 Å². The Balaban J connectivity index is 1.66. The molecule has 8 heteroatoms. The van der Waals surface area contributed by atoms with Crippen LogP contribution in [0.4, 0.5) is 5.95 Å². The molecule has 0 spiro atoms. The zero-order valence-electron chi connectivity index (χ0n) is 13.3. The summed E-state index contributed by atoms with van der Waals surface area (Å²) in [7, 11) is 0. The molecule has 2 N–H and O–H groups in total. The fourth-order valence-corrected chi connectivity index (χ4v) is 2.61. The van der Waals surface area contributed by atoms with Crippen molar-refractivity contribution in [2.75, 3.05) is 18.0 Å². The molecule has 3 heterocycles. The van der Waals surface area contributed by atoms with Crippen molar-refractivity contribution in [1.82, 2.24) is 20.1 Å². The number of carbonyl (C=O) groups is 1. The maximum absolute atomic E-state index is 11.2. The minimum atomic E-state index is -0.546. The standard InChI is InChI=1S/C15H20N6O2/c1-9(2)13-19-14(23-20-13)10-4-7-21(8-5-10)15-17-6-3-11(18-15)12(16)22/h3,6,9-10H,4-5,7-8H2,1-2H3,(H2,16,22). The highest BCUT2D eigenvalue weighted by Gasteiger charge is 2.27. The van der Waals surface area contributed by atoms with Crippen molar-refractivity contribution >= 4 is 11.9 Å². The predicted molar refractivity (Wildman–Crippen MR) is 83.1 cm³/mol. The van der Waals surface area contributed by atoms with Gasteiger partial charge in [0.2, 0.25) is 11.8 Å². The van der Waals surface area contributed by atoms with Gasteiger partial charge in [-0.2, -0.15) is 4.98 Å². The number of aromatic nitrogens is 4. The van der Waals surface area contributed by atoms with E-state index in [9.17, 15) is 4.79 Å². The molecule has 1 amide bonds. The molecule has 122 valence electrons. The first-order chi connectivity index (χ1) is 11.0. The summed E-state index contributed by atoms with van der Waals surface area (Å²) >= 11 is 0. The van der Waals surface area contributed by atoms with Crippen LogP contribution in [0.5, 0.6) is 0 Å². The van der Waals surface area contributed by atoms with Crippen molar-refractivity contribution in [2.24, 2.45) is 5.73 Å². The third kappa shape index (κ3) is 3.30. The summed E-state index contributed by atoms with van der Waals surface area (Å²) in [6.45, 7) is 5.62. The number of piperidine rings is 1. The van der Waals surface area contributed by atoms with Gasteiger partial charge in [-0.1, -0.05) is 19.0 Å². The minimum Gasteiger partial charge on any atom is -0.364 e. The van der Waals surface area contributed by atoms with Gasteiger partial charge in [0.1, 0.15) is 5.69 Å². The van der Waals surface area contributed by atoms with E-state index in [-0.39, 0.29) is 17.5 Å². The highest BCUT2D eigenvalue weighted by Crippen LogP contribution is 2.29. The molecule has 1 saturated heterocycles. The molecular formula is C15H20N6O2. The maximum Gasteiger partial charge on any atom is 0.267 e. The largest absolute Gasteiger partial charge is 0.364 e. The lowest BCUT2D eigenvalue weighted by Gasteiger charge is -2.30. The van der Waals surface area contributed by atoms with Crippen molar-refractivity contribution in [1.29, 1.82) is 0 Å². The quantitative estimate of drug-likeness (QED) is 0.909. The van der Waals surface area contributed by atoms with Gasteiger partial charge < -0.3 is 15.2 Å². The molecule has 0 aromatic carbocycles. The average Bonchev–Trinajstić information content (AvgIpc) is 3.05. The summed E-state index contributed by atoms with van der Waals surface area (Å²) in [5.74, 6) is 1.96. The predicted octanol–water partition coefficient (Wildman–Crippen LogP) is 1.47. The summed E-state index contributed by atoms with van der Waals surface area (Å²) in [4.78, 5) is 26.2. The van der Waals surface area contributed by atoms with Gasteiger partial charge in [-0.25, -0.2) is 9.97 Å². The topological polar surface area (TPSA) is 111 Å². The molecule has 3 rings (SSSR count). The summed E-state index contributed by atoms with van der Waals surface area (Å²) < 4.78 is 5.38. The normalized spacial score (nSPS) is 16.0. The van der Waals surface area contributed by atoms with E-state index in [2.05, 4.69) is 20.1 Å². The molecule has 0 radical (unpaired) electrons. The third-order valence-corrected chi connectivity index (χ3v) is 4.00. The van der Waals surface area contributed by atoms with Crippen molar-refractivity contribution in [3.63, 3.8) is 0 Å². The first-order valence-corrected chi connectivity index (χ1v) is 7.76. The van der Waals surface area contributed by atoms with Crippen LogP contribution in [0, 0.1) is 0 Å². The maximum atomic E-state index is 11.2. The lowest BCUT2D eigenvalue weighted by molar-refractivity contribution is 0.0995. The summed E-state index contributed by atoms with van der Waals surface area (Å²) in [6.07, 6.45) is 3.31. The van der Waals surface area contributed by atoms with Gasteiger partial charge in [0.05, 0.1) is 0 Å². The van der Waals surface area contributed by atoms with Crippen molar-refractivity contribution in [2.45, 2.75) is 38.5 Å². The molecule has 1 aliphatic heterocycles. The van der Waals surface area contributed by atoms with Crippen molar-refractivity contribution in [3.8, 4) is 0 Å². The molecule has 0 saturated carbocycles. The van der Waals surface area contributed by atoms with E-state index >= 15 is 0 Å². The molecule has 2 aromatic rings. The molecule has 0 bridgehead atoms. The molecule has 0 atom stereocenters. The van der Waals surface area contributed by atoms with E-state index in [1.807, 2.05) is 18.7 Å². The zero-order chi connectivity index (χ0) is 16.4. The van der Waals surface area contributed by atoms with Crippen LogP contribution in [0.2, 0.25) is 0 Å². The van der Waals surface area contributed by atoms with Crippen LogP contribution in [-0.4, -0.2) is 39.1 Å². The van der Waals surface area contributed by atoms with Gasteiger partial charge in [0.15, 0.2) is 5.82 Å². The Morgan fingerprint density at radius 1 is 1.35 bits per heavy atom. The van der Waals surface area contributed by atoms with E-state index in [1.54, 1.807) is 6.20 Å². The number of nitrogens with two attached hydrogens (primary N) is 1. The van der Waals surface area contributed by atoms with Crippen LogP contribution in [-0.2, 0) is 0 Å². The summed E-state index contributed by atoms with van der Waals surface area (Å²) in [5, 5.41) is 4.02. The second-order valence-electron chi connectivity index (χ2n) is 6.01. The van der Waals surface area contributed by atoms with Gasteiger partial charge in [0.25, 0.3) is 5.91 Å². The van der Waals surface area contributed by atoms with Crippen molar-refractivity contribution in [3.05, 3.63) is 29.7 Å². The first kappa shape index (κ1) is 15.4. The molecular weight excluding hydrogens is 296 g/mol. The third-order valence-electron chi connectivity index (χ3n) is 4.00. The van der Waals surface area contributed by atoms with E-state index in [1.165, 1.54) is 6.07 Å². The molecule has 0 unspecified atom stereocenters. The Kier molecular flexibility index (Phi) is 4.22. The van der Waals surface area contributed by atoms with Crippen LogP contribution < -0.4 is 10.6 Å². The lowest BCUT2D eigenvalue weighted by Crippen LogP contribution is -2.34. The molecule has 1 aliphatic rings. The fraction of sp³-hybridized carbons (Fsp3) is 0.533. The second kappa shape index (κ2) is 6.31. The SMILES string of the molecule is CC(C)c1noc(C2CCN(c3nccc(C(N)=O)n3)CC2)n1. The smallest absolute Gasteiger partial charge is 0.267 e. The Morgan fingerprint density at radius 2 is 2.09 bits per heavy atom. The second-order valence-corrected chi connectivity index (χ2v) is 6.01. The van der Waals surface area contributed by atoms with E-state index < -0.39 is 5.91 Å². The van der Waals surface area contributed by atoms with Crippen LogP contribution in [0.25, 0.3) is 0 Å². The monoisotopic (exact) mass is 316 g/mol. The van der Waals surface area contributed by atoms with Crippen LogP contribution in [0.15, 0.2) is 16.8 Å². The van der Waals surface area contributed by atoms with Crippen molar-refractivity contribution < 1.29 is 9.32 Å². The van der Waals surface area contributed by atoms with Crippen LogP contribution in [0.1, 0.15) is 60.7 Å². The highest BCUT2D eigenvalue weighted by atomic mass is 16.5. The lowest BCUT2D eigenvalue weighted by atomic mass is 9.97. The Labute approximate surface area is 134 Å². The van der Waals surface area contributed by atoms with E-state index in [0.29, 0.717) is 11.8 Å². The summed E-state index contributed by atoms with van der Waals surface area (Å²) in [6, 6.07) is 1.52. The summed E-state index contributed by atoms with van der Waals surface area (Å²) in [5.41, 5.74) is 5.49. The fourth-order valence-electron chi connectivity index (χ4n) is 2.61. The Bertz CT molecular complexity index is 691. The first-order valence-electron chi connectivity index (χ1n) is 7.76. The number of anilines is 1. The number of hydrogen-bond donors (Lipinski definition) is 1. The van der Waals surface area contributed by atoms with Gasteiger partial charge in [0, 0.05) is 31.1 Å². The number of rotatable bonds is 4. The van der Waals surface area contributed by atoms with Gasteiger partial charge in [-0.15, -0.1) is 0 Å². The molecule has 0 aliphatic carbocycles. The van der Waals surface area contributed by atoms with E-state index in [0.717, 1.165) is 31.8 Å². The molecule has 1 fully saturated rings. The van der Waals surface area contributed by atoms with Gasteiger partial charge >= 0.3 is 0 Å². The number of amides is 1. The highest BCUT2D eigenvalue weighted by molar-refractivity contribution is 5.90. The number of primary amides is 1. The number of hydrogen-bond acceptors (Lipinski definition) is 7. The number of nitrogens with zero attached hydrogens (tertiary/aromatic N) is 5. The molecule has 2 aromatic heterocycles. The van der Waals surface area contributed by atoms with E-state index in [4.69, 9.17) is 10.3 Å². The number of carbonyl (C=O) groups excluding carboxylic acids is 1. The molecule has 8 nitrogen and oxygen atoms in total. The Hall–Kier alpha value is -2.51. The van der Waals surface area contributed by atoms with Gasteiger partial charge in [-0.3, -0.25) is 4.79 Å². The minimum absolute atomic E-state index is 0.232. The Morgan fingerprint density at radius 3 is 2.70 bits per heavy atom. The van der Waals surface area contributed by atoms with Crippen LogP contribution >= 0.6 is 0 Å².